The van der Waals surface area contributed by atoms with Crippen molar-refractivity contribution in [3.63, 3.8) is 0 Å². The third kappa shape index (κ3) is 11.5. The van der Waals surface area contributed by atoms with Crippen LogP contribution in [0.4, 0.5) is 0 Å². The number of furan rings is 6. The molecule has 12 heterocycles. The number of hydrogen-bond acceptors (Lipinski definition) is 6. The molecule has 148 heavy (non-hydrogen) atoms. The molecule has 23 aromatic carbocycles. The van der Waals surface area contributed by atoms with Crippen molar-refractivity contribution in [3.8, 4) is 89.0 Å². The van der Waals surface area contributed by atoms with Crippen molar-refractivity contribution in [1.29, 1.82) is 0 Å². The largest absolute Gasteiger partial charge is 0.454 e. The van der Waals surface area contributed by atoms with Crippen molar-refractivity contribution < 1.29 is 26.5 Å². The van der Waals surface area contributed by atoms with Gasteiger partial charge in [0.1, 0.15) is 33.5 Å². The molecular weight excluding hydrogens is 1810 g/mol. The zero-order valence-corrected chi connectivity index (χ0v) is 79.7. The fourth-order valence-corrected chi connectivity index (χ4v) is 25.3. The molecule has 0 unspecified atom stereocenters. The second-order valence-electron chi connectivity index (χ2n) is 39.8. The van der Waals surface area contributed by atoms with Crippen LogP contribution in [0.3, 0.4) is 0 Å². The molecule has 0 atom stereocenters. The minimum absolute atomic E-state index is 0.893. The summed E-state index contributed by atoms with van der Waals surface area (Å²) in [6, 6.07) is 166. The van der Waals surface area contributed by atoms with Gasteiger partial charge >= 0.3 is 0 Å². The van der Waals surface area contributed by atoms with Crippen LogP contribution in [0.5, 0.6) is 0 Å². The molecule has 9 heteroatoms. The van der Waals surface area contributed by atoms with E-state index in [2.05, 4.69) is 445 Å². The van der Waals surface area contributed by atoms with Gasteiger partial charge in [-0.25, -0.2) is 0 Å². The number of aromatic nitrogens is 3. The molecule has 0 bridgehead atoms. The molecule has 0 radical (unpaired) electrons. The maximum absolute atomic E-state index is 6.75. The minimum atomic E-state index is 0.893. The van der Waals surface area contributed by atoms with Crippen LogP contribution >= 0.6 is 0 Å². The average molecular weight is 1890 g/mol. The fraction of sp³-hybridized carbons (Fsp3) is 0.00719. The molecule has 0 fully saturated rings. The lowest BCUT2D eigenvalue weighted by Crippen LogP contribution is -1.88. The Kier molecular flexibility index (Phi) is 16.8. The third-order valence-corrected chi connectivity index (χ3v) is 31.8. The maximum Gasteiger partial charge on any atom is 0.160 e. The summed E-state index contributed by atoms with van der Waals surface area (Å²) in [5, 5.41) is 27.7. The lowest BCUT2D eigenvalue weighted by atomic mass is 9.89. The van der Waals surface area contributed by atoms with Crippen molar-refractivity contribution in [2.24, 2.45) is 0 Å². The topological polar surface area (TPSA) is 92.1 Å². The van der Waals surface area contributed by atoms with Crippen LogP contribution in [0, 0.1) is 6.92 Å². The van der Waals surface area contributed by atoms with Crippen LogP contribution < -0.4 is 0 Å². The third-order valence-electron chi connectivity index (χ3n) is 31.8. The molecule has 0 N–H and O–H groups in total. The van der Waals surface area contributed by atoms with Gasteiger partial charge in [0.25, 0.3) is 0 Å². The molecule has 12 aromatic heterocycles. The van der Waals surface area contributed by atoms with E-state index >= 15 is 0 Å². The van der Waals surface area contributed by atoms with Crippen LogP contribution in [0.2, 0.25) is 0 Å². The summed E-state index contributed by atoms with van der Waals surface area (Å²) in [5.74, 6) is 0. The number of hydrogen-bond donors (Lipinski definition) is 0. The van der Waals surface area contributed by atoms with Gasteiger partial charge in [-0.15, -0.1) is 0 Å². The van der Waals surface area contributed by atoms with Gasteiger partial charge in [0.05, 0.1) is 49.7 Å². The smallest absolute Gasteiger partial charge is 0.160 e. The standard InChI is InChI=1S/2C48H27NO2.C43H25NO2/c1-3-11-28(12-4-1)30-19-20-32(39(25-30)29-13-5-2-6-14-29)31-26-40-35-21-23-37-33-15-7-9-17-42(33)50-47(37)45(35)49-44(40)41(27-31)36-22-24-38-34-16-8-10-18-43(34)51-48(38)46(36)49;1-3-11-28(12-4-1)30-19-20-32(29-13-5-2-6-14-29)39(25-30)31-26-40-35-21-23-37-33-15-7-9-17-42(33)50-47(37)45(35)49-44(40)41(27-31)36-22-24-38-34-16-8-10-18-43(34)51-48(38)46(36)49;1-24-19-26(25-9-3-2-4-10-25)21-27(20-24)28-22-35-31-15-17-33-29-11-5-7-13-37(29)45-42(33)40(31)44-39(35)36(23-28)32-16-18-34-30-12-6-8-14-38(30)46-43(34)41(32)44/h2*1-27H;2-23H,1H3. The zero-order chi connectivity index (χ0) is 96.5. The Morgan fingerprint density at radius 1 is 0.122 bits per heavy atom. The second-order valence-corrected chi connectivity index (χ2v) is 39.8. The van der Waals surface area contributed by atoms with Crippen LogP contribution in [0.25, 0.3) is 335 Å². The summed E-state index contributed by atoms with van der Waals surface area (Å²) in [5.41, 5.74) is 41.3. The van der Waals surface area contributed by atoms with Gasteiger partial charge in [-0.2, -0.15) is 0 Å². The predicted molar refractivity (Wildman–Crippen MR) is 615 cm³/mol. The van der Waals surface area contributed by atoms with Crippen molar-refractivity contribution >= 4 is 246 Å². The SMILES string of the molecule is Cc1cc(-c2ccccc2)cc(-c2cc3c4ccc5c6ccccc6oc5c4n4c3c(c2)c2ccc3c5ccccc5oc3c24)c1.c1ccc(-c2ccc(-c3cc4c5ccc6c7ccccc7oc6c5n5c4c(c3)c3ccc4c6ccccc6oc4c35)c(-c3ccccc3)c2)cc1.c1ccc(-c2ccc(-c3ccccc3)c(-c3cc4c5ccc6c7ccccc7oc6c5n5c4c(c3)c3ccc4c6ccccc6oc4c35)c2)cc1. The molecule has 0 saturated carbocycles. The van der Waals surface area contributed by atoms with Gasteiger partial charge < -0.3 is 39.7 Å². The summed E-state index contributed by atoms with van der Waals surface area (Å²) >= 11 is 0. The van der Waals surface area contributed by atoms with Gasteiger partial charge in [-0.3, -0.25) is 0 Å². The van der Waals surface area contributed by atoms with Crippen molar-refractivity contribution in [3.05, 3.63) is 467 Å². The zero-order valence-electron chi connectivity index (χ0n) is 79.7. The highest BCUT2D eigenvalue weighted by molar-refractivity contribution is 6.37. The Bertz CT molecular complexity index is 11300. The average Bonchev–Trinajstić information content (AvgIpc) is 1.52. The van der Waals surface area contributed by atoms with E-state index in [0.29, 0.717) is 0 Å². The molecule has 0 amide bonds. The maximum atomic E-state index is 6.75. The number of rotatable bonds is 8. The van der Waals surface area contributed by atoms with Crippen LogP contribution in [-0.4, -0.2) is 13.2 Å². The summed E-state index contributed by atoms with van der Waals surface area (Å²) in [6.45, 7) is 2.19. The summed E-state index contributed by atoms with van der Waals surface area (Å²) in [4.78, 5) is 0. The Hall–Kier alpha value is -19.7. The van der Waals surface area contributed by atoms with E-state index in [1.165, 1.54) is 176 Å². The van der Waals surface area contributed by atoms with Gasteiger partial charge in [0.2, 0.25) is 0 Å². The molecule has 686 valence electrons. The highest BCUT2D eigenvalue weighted by Gasteiger charge is 2.32. The Morgan fingerprint density at radius 2 is 0.324 bits per heavy atom. The van der Waals surface area contributed by atoms with Crippen molar-refractivity contribution in [1.82, 2.24) is 13.2 Å². The lowest BCUT2D eigenvalue weighted by molar-refractivity contribution is 0.669. The first-order valence-electron chi connectivity index (χ1n) is 50.6. The summed E-state index contributed by atoms with van der Waals surface area (Å²) in [7, 11) is 0. The molecule has 9 nitrogen and oxygen atoms in total. The number of fused-ring (bicyclic) bond motifs is 42. The Balaban J connectivity index is 0.0000000967. The quantitative estimate of drug-likeness (QED) is 0.151. The molecule has 0 aliphatic rings. The van der Waals surface area contributed by atoms with Gasteiger partial charge in [0.15, 0.2) is 33.5 Å². The first-order chi connectivity index (χ1) is 73.3. The molecule has 35 rings (SSSR count). The van der Waals surface area contributed by atoms with E-state index in [1.807, 2.05) is 36.4 Å². The predicted octanol–water partition coefficient (Wildman–Crippen LogP) is 39.6. The Morgan fingerprint density at radius 3 is 0.608 bits per heavy atom. The van der Waals surface area contributed by atoms with E-state index in [4.69, 9.17) is 26.5 Å². The first-order valence-corrected chi connectivity index (χ1v) is 50.6. The number of para-hydroxylation sites is 6. The van der Waals surface area contributed by atoms with Gasteiger partial charge in [-0.05, 0) is 229 Å². The minimum Gasteiger partial charge on any atom is -0.454 e. The number of nitrogens with zero attached hydrogens (tertiary/aromatic N) is 3. The molecule has 0 spiro atoms. The normalized spacial score (nSPS) is 12.4. The van der Waals surface area contributed by atoms with Crippen LogP contribution in [0.1, 0.15) is 5.56 Å². The lowest BCUT2D eigenvalue weighted by Gasteiger charge is -2.14. The highest BCUT2D eigenvalue weighted by Crippen LogP contribution is 2.55. The highest BCUT2D eigenvalue weighted by atomic mass is 16.4. The molecule has 0 aliphatic carbocycles. The summed E-state index contributed by atoms with van der Waals surface area (Å²) in [6.07, 6.45) is 0. The van der Waals surface area contributed by atoms with E-state index in [-0.39, 0.29) is 0 Å². The van der Waals surface area contributed by atoms with E-state index in [0.717, 1.165) is 165 Å². The number of benzene rings is 23. The van der Waals surface area contributed by atoms with Crippen molar-refractivity contribution in [2.75, 3.05) is 0 Å². The van der Waals surface area contributed by atoms with Crippen LogP contribution in [0.15, 0.2) is 488 Å². The summed E-state index contributed by atoms with van der Waals surface area (Å²) < 4.78 is 47.6. The number of aryl methyl sites for hydroxylation is 1. The van der Waals surface area contributed by atoms with Gasteiger partial charge in [-0.1, -0.05) is 334 Å². The van der Waals surface area contributed by atoms with Crippen molar-refractivity contribution in [2.45, 2.75) is 6.92 Å². The monoisotopic (exact) mass is 1890 g/mol. The molecule has 35 aromatic rings. The first kappa shape index (κ1) is 80.9. The molecule has 0 saturated heterocycles. The van der Waals surface area contributed by atoms with E-state index in [1.54, 1.807) is 0 Å². The van der Waals surface area contributed by atoms with Gasteiger partial charge in [0, 0.05) is 129 Å². The van der Waals surface area contributed by atoms with E-state index < -0.39 is 0 Å². The van der Waals surface area contributed by atoms with Crippen LogP contribution in [-0.2, 0) is 0 Å². The fourth-order valence-electron chi connectivity index (χ4n) is 25.3. The molecule has 0 aliphatic heterocycles. The second kappa shape index (κ2) is 30.7. The Labute approximate surface area is 842 Å². The van der Waals surface area contributed by atoms with E-state index in [9.17, 15) is 0 Å². The molecular formula is C139H79N3O6.